The van der Waals surface area contributed by atoms with E-state index in [1.165, 1.54) is 6.07 Å². The lowest BCUT2D eigenvalue weighted by Gasteiger charge is -2.35. The van der Waals surface area contributed by atoms with E-state index in [0.717, 1.165) is 44.1 Å². The SMILES string of the molecule is Cc1nc(Nc2ccccc2NC(=O)Nc2ccc(Cl)c(C(F)(F)F)c2)cc(N2CCN(CCO)CC2)n1. The minimum absolute atomic E-state index is 0.0557. The fourth-order valence-electron chi connectivity index (χ4n) is 4.06. The van der Waals surface area contributed by atoms with Crippen LogP contribution in [0.3, 0.4) is 0 Å². The molecule has 0 bridgehead atoms. The zero-order chi connectivity index (χ0) is 27.3. The van der Waals surface area contributed by atoms with Crippen molar-refractivity contribution in [2.45, 2.75) is 13.1 Å². The first-order valence-corrected chi connectivity index (χ1v) is 12.2. The Bertz CT molecular complexity index is 1280. The molecule has 0 saturated carbocycles. The van der Waals surface area contributed by atoms with Gasteiger partial charge in [-0.1, -0.05) is 23.7 Å². The smallest absolute Gasteiger partial charge is 0.395 e. The Labute approximate surface area is 222 Å². The number of halogens is 4. The van der Waals surface area contributed by atoms with E-state index in [1.807, 2.05) is 6.07 Å². The molecule has 3 aromatic rings. The van der Waals surface area contributed by atoms with Crippen molar-refractivity contribution < 1.29 is 23.1 Å². The van der Waals surface area contributed by atoms with Gasteiger partial charge in [-0.15, -0.1) is 0 Å². The number of aromatic nitrogens is 2. The number of amides is 2. The largest absolute Gasteiger partial charge is 0.417 e. The minimum atomic E-state index is -4.65. The number of alkyl halides is 3. The molecular weight excluding hydrogens is 523 g/mol. The molecule has 0 atom stereocenters. The molecule has 1 saturated heterocycles. The van der Waals surface area contributed by atoms with Gasteiger partial charge >= 0.3 is 12.2 Å². The summed E-state index contributed by atoms with van der Waals surface area (Å²) in [7, 11) is 0. The predicted octanol–water partition coefficient (Wildman–Crippen LogP) is 4.96. The Kier molecular flexibility index (Phi) is 8.55. The van der Waals surface area contributed by atoms with E-state index in [0.29, 0.717) is 29.6 Å². The molecule has 1 aliphatic heterocycles. The third-order valence-corrected chi connectivity index (χ3v) is 6.23. The van der Waals surface area contributed by atoms with Crippen LogP contribution in [0.5, 0.6) is 0 Å². The van der Waals surface area contributed by atoms with Crippen molar-refractivity contribution in [3.8, 4) is 0 Å². The van der Waals surface area contributed by atoms with Crippen LogP contribution < -0.4 is 20.9 Å². The number of piperazine rings is 1. The Balaban J connectivity index is 1.46. The first kappa shape index (κ1) is 27.4. The number of carbonyl (C=O) groups is 1. The molecule has 202 valence electrons. The first-order valence-electron chi connectivity index (χ1n) is 11.9. The highest BCUT2D eigenvalue weighted by molar-refractivity contribution is 6.31. The fourth-order valence-corrected chi connectivity index (χ4v) is 4.29. The van der Waals surface area contributed by atoms with Gasteiger partial charge < -0.3 is 26.0 Å². The summed E-state index contributed by atoms with van der Waals surface area (Å²) in [4.78, 5) is 25.9. The quantitative estimate of drug-likeness (QED) is 0.330. The van der Waals surface area contributed by atoms with Crippen LogP contribution in [0.4, 0.5) is 46.7 Å². The molecule has 2 amide bonds. The second kappa shape index (κ2) is 11.8. The number of nitrogens with one attached hydrogen (secondary N) is 3. The maximum absolute atomic E-state index is 13.2. The molecule has 0 radical (unpaired) electrons. The lowest BCUT2D eigenvalue weighted by Crippen LogP contribution is -2.47. The molecule has 2 heterocycles. The van der Waals surface area contributed by atoms with Gasteiger partial charge in [-0.2, -0.15) is 13.2 Å². The summed E-state index contributed by atoms with van der Waals surface area (Å²) in [6.45, 7) is 5.70. The fraction of sp³-hybridized carbons (Fsp3) is 0.320. The molecule has 4 rings (SSSR count). The van der Waals surface area contributed by atoms with Crippen molar-refractivity contribution in [2.75, 3.05) is 60.2 Å². The topological polar surface area (TPSA) is 106 Å². The monoisotopic (exact) mass is 549 g/mol. The molecule has 0 aliphatic carbocycles. The number of aliphatic hydroxyl groups excluding tert-OH is 1. The number of hydrogen-bond acceptors (Lipinski definition) is 7. The number of nitrogens with zero attached hydrogens (tertiary/aromatic N) is 4. The maximum Gasteiger partial charge on any atom is 0.417 e. The van der Waals surface area contributed by atoms with Gasteiger partial charge in [0.25, 0.3) is 0 Å². The molecule has 1 fully saturated rings. The first-order chi connectivity index (χ1) is 18.1. The van der Waals surface area contributed by atoms with E-state index in [4.69, 9.17) is 16.7 Å². The zero-order valence-electron chi connectivity index (χ0n) is 20.5. The second-order valence-corrected chi connectivity index (χ2v) is 9.06. The van der Waals surface area contributed by atoms with E-state index in [2.05, 4.69) is 35.7 Å². The number of benzene rings is 2. The Hall–Kier alpha value is -3.61. The Morgan fingerprint density at radius 3 is 2.42 bits per heavy atom. The van der Waals surface area contributed by atoms with Gasteiger partial charge in [0.1, 0.15) is 17.5 Å². The van der Waals surface area contributed by atoms with E-state index >= 15 is 0 Å². The summed E-state index contributed by atoms with van der Waals surface area (Å²) >= 11 is 5.65. The number of para-hydroxylation sites is 2. The van der Waals surface area contributed by atoms with Crippen molar-refractivity contribution in [3.63, 3.8) is 0 Å². The molecule has 0 unspecified atom stereocenters. The van der Waals surface area contributed by atoms with Crippen LogP contribution in [-0.4, -0.2) is 65.3 Å². The highest BCUT2D eigenvalue weighted by Gasteiger charge is 2.33. The van der Waals surface area contributed by atoms with Crippen LogP contribution in [-0.2, 0) is 6.18 Å². The molecule has 38 heavy (non-hydrogen) atoms. The van der Waals surface area contributed by atoms with Gasteiger partial charge in [0.2, 0.25) is 0 Å². The predicted molar refractivity (Wildman–Crippen MR) is 141 cm³/mol. The van der Waals surface area contributed by atoms with E-state index in [1.54, 1.807) is 31.2 Å². The summed E-state index contributed by atoms with van der Waals surface area (Å²) in [6, 6.07) is 11.1. The molecule has 2 aromatic carbocycles. The summed E-state index contributed by atoms with van der Waals surface area (Å²) in [5, 5.41) is 17.0. The van der Waals surface area contributed by atoms with Crippen molar-refractivity contribution in [3.05, 3.63) is 64.9 Å². The molecule has 1 aliphatic rings. The number of rotatable bonds is 7. The van der Waals surface area contributed by atoms with Gasteiger partial charge in [0.15, 0.2) is 0 Å². The molecular formula is C25H27ClF3N7O2. The van der Waals surface area contributed by atoms with Crippen LogP contribution in [0.2, 0.25) is 5.02 Å². The number of carbonyl (C=O) groups excluding carboxylic acids is 1. The van der Waals surface area contributed by atoms with Crippen LogP contribution >= 0.6 is 11.6 Å². The minimum Gasteiger partial charge on any atom is -0.395 e. The Morgan fingerprint density at radius 1 is 1.03 bits per heavy atom. The number of urea groups is 1. The highest BCUT2D eigenvalue weighted by atomic mass is 35.5. The van der Waals surface area contributed by atoms with Crippen molar-refractivity contribution in [1.82, 2.24) is 14.9 Å². The lowest BCUT2D eigenvalue weighted by atomic mass is 10.2. The number of aryl methyl sites for hydroxylation is 1. The van der Waals surface area contributed by atoms with Crippen molar-refractivity contribution in [2.24, 2.45) is 0 Å². The number of hydrogen-bond donors (Lipinski definition) is 4. The third-order valence-electron chi connectivity index (χ3n) is 5.90. The highest BCUT2D eigenvalue weighted by Crippen LogP contribution is 2.36. The molecule has 1 aromatic heterocycles. The van der Waals surface area contributed by atoms with Gasteiger partial charge in [-0.05, 0) is 37.3 Å². The normalized spacial score (nSPS) is 14.3. The molecule has 4 N–H and O–H groups in total. The summed E-state index contributed by atoms with van der Waals surface area (Å²) in [6.07, 6.45) is -4.65. The second-order valence-electron chi connectivity index (χ2n) is 8.65. The van der Waals surface area contributed by atoms with Crippen LogP contribution in [0.15, 0.2) is 48.5 Å². The summed E-state index contributed by atoms with van der Waals surface area (Å²) < 4.78 is 39.5. The van der Waals surface area contributed by atoms with Crippen LogP contribution in [0, 0.1) is 6.92 Å². The van der Waals surface area contributed by atoms with Crippen molar-refractivity contribution >= 4 is 46.3 Å². The molecule has 9 nitrogen and oxygen atoms in total. The van der Waals surface area contributed by atoms with Crippen molar-refractivity contribution in [1.29, 1.82) is 0 Å². The maximum atomic E-state index is 13.2. The van der Waals surface area contributed by atoms with Gasteiger partial charge in [0, 0.05) is 44.5 Å². The zero-order valence-corrected chi connectivity index (χ0v) is 21.3. The average molecular weight is 550 g/mol. The third kappa shape index (κ3) is 7.03. The van der Waals surface area contributed by atoms with Crippen LogP contribution in [0.1, 0.15) is 11.4 Å². The van der Waals surface area contributed by atoms with Gasteiger partial charge in [0.05, 0.1) is 28.6 Å². The summed E-state index contributed by atoms with van der Waals surface area (Å²) in [5.41, 5.74) is -0.166. The molecule has 13 heteroatoms. The van der Waals surface area contributed by atoms with E-state index in [-0.39, 0.29) is 12.3 Å². The standard InChI is InChI=1S/C25H27ClF3N7O2/c1-16-30-22(15-23(31-16)36-10-8-35(9-11-36)12-13-37)33-20-4-2-3-5-21(20)34-24(38)32-17-6-7-19(26)18(14-17)25(27,28)29/h2-7,14-15,37H,8-13H2,1H3,(H,30,31,33)(H2,32,34,38). The Morgan fingerprint density at radius 2 is 1.74 bits per heavy atom. The lowest BCUT2D eigenvalue weighted by molar-refractivity contribution is -0.137. The number of β-amino-alcohol motifs (C(OH)–C–C–N with tert-alkyl or cyclic N) is 1. The summed E-state index contributed by atoms with van der Waals surface area (Å²) in [5.74, 6) is 1.84. The average Bonchev–Trinajstić information content (AvgIpc) is 2.86. The van der Waals surface area contributed by atoms with Crippen LogP contribution in [0.25, 0.3) is 0 Å². The molecule has 0 spiro atoms. The van der Waals surface area contributed by atoms with Gasteiger partial charge in [-0.25, -0.2) is 14.8 Å². The van der Waals surface area contributed by atoms with E-state index in [9.17, 15) is 18.0 Å². The number of aliphatic hydroxyl groups is 1. The van der Waals surface area contributed by atoms with E-state index < -0.39 is 22.8 Å². The number of anilines is 5. The van der Waals surface area contributed by atoms with Gasteiger partial charge in [-0.3, -0.25) is 4.90 Å².